The first-order valence-electron chi connectivity index (χ1n) is 8.30. The van der Waals surface area contributed by atoms with E-state index < -0.39 is 9.84 Å². The van der Waals surface area contributed by atoms with Gasteiger partial charge in [0.05, 0.1) is 17.9 Å². The highest BCUT2D eigenvalue weighted by Crippen LogP contribution is 2.20. The second-order valence-corrected chi connectivity index (χ2v) is 8.77. The van der Waals surface area contributed by atoms with Gasteiger partial charge in [-0.3, -0.25) is 9.69 Å². The van der Waals surface area contributed by atoms with Crippen molar-refractivity contribution in [2.24, 2.45) is 0 Å². The van der Waals surface area contributed by atoms with E-state index in [4.69, 9.17) is 0 Å². The number of hydrogen-bond acceptors (Lipinski definition) is 4. The Kier molecular flexibility index (Phi) is 5.02. The third kappa shape index (κ3) is 4.32. The molecule has 1 aromatic carbocycles. The van der Waals surface area contributed by atoms with E-state index in [1.807, 2.05) is 35.2 Å². The van der Waals surface area contributed by atoms with Crippen molar-refractivity contribution in [3.63, 3.8) is 0 Å². The number of rotatable bonds is 3. The molecule has 6 heteroatoms. The van der Waals surface area contributed by atoms with Gasteiger partial charge in [0.1, 0.15) is 9.84 Å². The van der Waals surface area contributed by atoms with Crippen LogP contribution in [0.2, 0.25) is 0 Å². The van der Waals surface area contributed by atoms with Crippen LogP contribution in [0.5, 0.6) is 0 Å². The summed E-state index contributed by atoms with van der Waals surface area (Å²) in [7, 11) is -2.80. The minimum atomic E-state index is -2.80. The third-order valence-electron chi connectivity index (χ3n) is 4.91. The first-order valence-corrected chi connectivity index (χ1v) is 10.1. The fraction of sp³-hybridized carbons (Fsp3) is 0.588. The van der Waals surface area contributed by atoms with Gasteiger partial charge in [-0.25, -0.2) is 8.42 Å². The quantitative estimate of drug-likeness (QED) is 0.825. The van der Waals surface area contributed by atoms with Crippen LogP contribution in [-0.2, 0) is 21.1 Å². The van der Waals surface area contributed by atoms with Crippen LogP contribution in [0.25, 0.3) is 0 Å². The Hall–Kier alpha value is -1.40. The molecule has 0 radical (unpaired) electrons. The number of carbonyl (C=O) groups excluding carboxylic acids is 1. The molecule has 2 saturated heterocycles. The van der Waals surface area contributed by atoms with Crippen molar-refractivity contribution in [2.75, 3.05) is 37.7 Å². The Morgan fingerprint density at radius 2 is 1.61 bits per heavy atom. The first-order chi connectivity index (χ1) is 11.0. The molecule has 0 aromatic heterocycles. The van der Waals surface area contributed by atoms with Gasteiger partial charge in [-0.2, -0.15) is 0 Å². The fourth-order valence-corrected chi connectivity index (χ4v) is 4.93. The molecule has 3 rings (SSSR count). The van der Waals surface area contributed by atoms with Gasteiger partial charge in [0.2, 0.25) is 5.91 Å². The highest BCUT2D eigenvalue weighted by Gasteiger charge is 2.30. The molecule has 0 N–H and O–H groups in total. The second kappa shape index (κ2) is 7.01. The van der Waals surface area contributed by atoms with Crippen molar-refractivity contribution in [3.05, 3.63) is 35.9 Å². The van der Waals surface area contributed by atoms with Gasteiger partial charge in [0.15, 0.2) is 0 Å². The minimum absolute atomic E-state index is 0.182. The maximum Gasteiger partial charge on any atom is 0.227 e. The van der Waals surface area contributed by atoms with Crippen LogP contribution < -0.4 is 0 Å². The lowest BCUT2D eigenvalue weighted by Crippen LogP contribution is -2.53. The lowest BCUT2D eigenvalue weighted by atomic mass is 10.1. The topological polar surface area (TPSA) is 57.7 Å². The zero-order chi connectivity index (χ0) is 16.3. The third-order valence-corrected chi connectivity index (χ3v) is 6.62. The molecule has 0 atom stereocenters. The van der Waals surface area contributed by atoms with E-state index in [0.29, 0.717) is 24.0 Å². The van der Waals surface area contributed by atoms with Crippen LogP contribution in [0.15, 0.2) is 30.3 Å². The molecule has 2 heterocycles. The van der Waals surface area contributed by atoms with Gasteiger partial charge in [0, 0.05) is 32.2 Å². The Morgan fingerprint density at radius 1 is 1.00 bits per heavy atom. The SMILES string of the molecule is O=C(Cc1ccccc1)N1CCN(C2CCS(=O)(=O)CC2)CC1. The smallest absolute Gasteiger partial charge is 0.227 e. The number of hydrogen-bond donors (Lipinski definition) is 0. The van der Waals surface area contributed by atoms with E-state index in [1.165, 1.54) is 0 Å². The molecule has 0 saturated carbocycles. The van der Waals surface area contributed by atoms with E-state index in [-0.39, 0.29) is 5.91 Å². The molecule has 23 heavy (non-hydrogen) atoms. The molecular weight excluding hydrogens is 312 g/mol. The lowest BCUT2D eigenvalue weighted by molar-refractivity contribution is -0.132. The molecular formula is C17H24N2O3S. The van der Waals surface area contributed by atoms with Crippen molar-refractivity contribution in [1.82, 2.24) is 9.80 Å². The zero-order valence-electron chi connectivity index (χ0n) is 13.4. The maximum atomic E-state index is 12.4. The van der Waals surface area contributed by atoms with Crippen LogP contribution >= 0.6 is 0 Å². The molecule has 2 fully saturated rings. The summed E-state index contributed by atoms with van der Waals surface area (Å²) in [6.45, 7) is 3.19. The normalized spacial score (nSPS) is 22.9. The molecule has 0 bridgehead atoms. The number of piperazine rings is 1. The Balaban J connectivity index is 1.48. The van der Waals surface area contributed by atoms with Crippen molar-refractivity contribution >= 4 is 15.7 Å². The number of sulfone groups is 1. The molecule has 0 spiro atoms. The largest absolute Gasteiger partial charge is 0.340 e. The number of carbonyl (C=O) groups is 1. The highest BCUT2D eigenvalue weighted by atomic mass is 32.2. The van der Waals surface area contributed by atoms with Gasteiger partial charge < -0.3 is 4.90 Å². The van der Waals surface area contributed by atoms with Gasteiger partial charge in [-0.1, -0.05) is 30.3 Å². The molecule has 0 unspecified atom stereocenters. The fourth-order valence-electron chi connectivity index (χ4n) is 3.46. The second-order valence-electron chi connectivity index (χ2n) is 6.46. The summed E-state index contributed by atoms with van der Waals surface area (Å²) in [5, 5.41) is 0. The Labute approximate surface area is 138 Å². The Morgan fingerprint density at radius 3 is 2.22 bits per heavy atom. The van der Waals surface area contributed by atoms with E-state index in [9.17, 15) is 13.2 Å². The average Bonchev–Trinajstić information content (AvgIpc) is 2.56. The summed E-state index contributed by atoms with van der Waals surface area (Å²) in [4.78, 5) is 16.7. The Bertz CT molecular complexity index is 623. The number of benzene rings is 1. The maximum absolute atomic E-state index is 12.4. The van der Waals surface area contributed by atoms with Crippen LogP contribution in [0.1, 0.15) is 18.4 Å². The van der Waals surface area contributed by atoms with Crippen molar-refractivity contribution in [3.8, 4) is 0 Å². The predicted molar refractivity (Wildman–Crippen MR) is 90.0 cm³/mol. The zero-order valence-corrected chi connectivity index (χ0v) is 14.2. The molecule has 2 aliphatic heterocycles. The molecule has 0 aliphatic carbocycles. The average molecular weight is 336 g/mol. The monoisotopic (exact) mass is 336 g/mol. The van der Waals surface area contributed by atoms with Crippen LogP contribution in [0, 0.1) is 0 Å². The number of amides is 1. The van der Waals surface area contributed by atoms with Gasteiger partial charge >= 0.3 is 0 Å². The standard InChI is InChI=1S/C17H24N2O3S/c20-17(14-15-4-2-1-3-5-15)19-10-8-18(9-11-19)16-6-12-23(21,22)13-7-16/h1-5,16H,6-14H2. The molecule has 5 nitrogen and oxygen atoms in total. The molecule has 1 amide bonds. The summed E-state index contributed by atoms with van der Waals surface area (Å²) in [6, 6.07) is 10.2. The molecule has 126 valence electrons. The van der Waals surface area contributed by atoms with Crippen molar-refractivity contribution in [1.29, 1.82) is 0 Å². The molecule has 2 aliphatic rings. The molecule has 1 aromatic rings. The highest BCUT2D eigenvalue weighted by molar-refractivity contribution is 7.91. The first kappa shape index (κ1) is 16.5. The van der Waals surface area contributed by atoms with Crippen molar-refractivity contribution in [2.45, 2.75) is 25.3 Å². The van der Waals surface area contributed by atoms with Crippen molar-refractivity contribution < 1.29 is 13.2 Å². The van der Waals surface area contributed by atoms with E-state index in [2.05, 4.69) is 4.90 Å². The summed E-state index contributed by atoms with van der Waals surface area (Å²) < 4.78 is 23.0. The van der Waals surface area contributed by atoms with E-state index in [0.717, 1.165) is 44.6 Å². The summed E-state index contributed by atoms with van der Waals surface area (Å²) >= 11 is 0. The summed E-state index contributed by atoms with van der Waals surface area (Å²) in [6.07, 6.45) is 1.93. The van der Waals surface area contributed by atoms with E-state index in [1.54, 1.807) is 0 Å². The van der Waals surface area contributed by atoms with E-state index >= 15 is 0 Å². The van der Waals surface area contributed by atoms with Crippen LogP contribution in [0.3, 0.4) is 0 Å². The lowest BCUT2D eigenvalue weighted by Gasteiger charge is -2.40. The predicted octanol–water partition coefficient (Wildman–Crippen LogP) is 0.950. The number of nitrogens with zero attached hydrogens (tertiary/aromatic N) is 2. The van der Waals surface area contributed by atoms with Crippen LogP contribution in [-0.4, -0.2) is 67.9 Å². The van der Waals surface area contributed by atoms with Crippen LogP contribution in [0.4, 0.5) is 0 Å². The van der Waals surface area contributed by atoms with Gasteiger partial charge in [0.25, 0.3) is 0 Å². The summed E-state index contributed by atoms with van der Waals surface area (Å²) in [5.41, 5.74) is 1.05. The van der Waals surface area contributed by atoms with Gasteiger partial charge in [-0.15, -0.1) is 0 Å². The minimum Gasteiger partial charge on any atom is -0.340 e. The summed E-state index contributed by atoms with van der Waals surface area (Å²) in [5.74, 6) is 0.803. The van der Waals surface area contributed by atoms with Gasteiger partial charge in [-0.05, 0) is 18.4 Å².